The number of benzene rings is 9. The fourth-order valence-corrected chi connectivity index (χ4v) is 8.37. The number of aromatic nitrogens is 1. The highest BCUT2D eigenvalue weighted by Crippen LogP contribution is 2.47. The summed E-state index contributed by atoms with van der Waals surface area (Å²) in [6, 6.07) is 62.7. The highest BCUT2D eigenvalue weighted by Gasteiger charge is 2.21. The van der Waals surface area contributed by atoms with Gasteiger partial charge in [0.15, 0.2) is 0 Å². The molecule has 0 aliphatic rings. The zero-order valence-electron chi connectivity index (χ0n) is 27.3. The van der Waals surface area contributed by atoms with Crippen molar-refractivity contribution in [1.29, 1.82) is 0 Å². The standard InChI is InChI=1S/C48H33N/c1-2-49-47-37-15-6-5-13-33(37)28-29-43(47)42-20-11-21-44(48(42)49)46-40-18-9-7-16-38(40)45(39-17-8-10-19-41(39)46)34-25-22-32(23-26-34)36-27-24-31-12-3-4-14-35(31)30-36/h3-30H,2H2,1H3. The third-order valence-electron chi connectivity index (χ3n) is 10.5. The van der Waals surface area contributed by atoms with E-state index in [-0.39, 0.29) is 0 Å². The van der Waals surface area contributed by atoms with Crippen LogP contribution in [0.1, 0.15) is 6.92 Å². The molecule has 0 radical (unpaired) electrons. The van der Waals surface area contributed by atoms with Crippen LogP contribution in [-0.4, -0.2) is 4.57 Å². The molecule has 0 fully saturated rings. The molecule has 10 rings (SSSR count). The first-order valence-corrected chi connectivity index (χ1v) is 17.2. The monoisotopic (exact) mass is 623 g/mol. The molecule has 1 nitrogen and oxygen atoms in total. The van der Waals surface area contributed by atoms with Crippen LogP contribution in [0.2, 0.25) is 0 Å². The Morgan fingerprint density at radius 1 is 0.347 bits per heavy atom. The summed E-state index contributed by atoms with van der Waals surface area (Å²) in [5.74, 6) is 0. The second-order valence-corrected chi connectivity index (χ2v) is 13.1. The predicted octanol–water partition coefficient (Wildman–Crippen LogP) is 13.4. The van der Waals surface area contributed by atoms with Crippen molar-refractivity contribution in [2.75, 3.05) is 0 Å². The van der Waals surface area contributed by atoms with E-state index in [1.54, 1.807) is 0 Å². The van der Waals surface area contributed by atoms with Gasteiger partial charge >= 0.3 is 0 Å². The molecule has 1 aromatic heterocycles. The molecule has 0 amide bonds. The smallest absolute Gasteiger partial charge is 0.0571 e. The van der Waals surface area contributed by atoms with Crippen LogP contribution in [0.25, 0.3) is 98.3 Å². The summed E-state index contributed by atoms with van der Waals surface area (Å²) in [4.78, 5) is 0. The Morgan fingerprint density at radius 3 is 1.55 bits per heavy atom. The highest BCUT2D eigenvalue weighted by atomic mass is 15.0. The van der Waals surface area contributed by atoms with Crippen molar-refractivity contribution in [2.24, 2.45) is 0 Å². The molecule has 0 aliphatic carbocycles. The van der Waals surface area contributed by atoms with Crippen molar-refractivity contribution in [3.63, 3.8) is 0 Å². The van der Waals surface area contributed by atoms with E-state index >= 15 is 0 Å². The SMILES string of the molecule is CCn1c2c(-c3c4ccccc4c(-c4ccc(-c5ccc6ccccc6c5)cc4)c4ccccc34)cccc2c2ccc3ccccc3c21. The lowest BCUT2D eigenvalue weighted by atomic mass is 9.85. The van der Waals surface area contributed by atoms with Crippen molar-refractivity contribution in [3.8, 4) is 33.4 Å². The maximum atomic E-state index is 2.55. The molecular formula is C48H33N. The summed E-state index contributed by atoms with van der Waals surface area (Å²) >= 11 is 0. The van der Waals surface area contributed by atoms with Crippen LogP contribution in [0.3, 0.4) is 0 Å². The molecule has 0 N–H and O–H groups in total. The van der Waals surface area contributed by atoms with E-state index < -0.39 is 0 Å². The van der Waals surface area contributed by atoms with Gasteiger partial charge < -0.3 is 4.57 Å². The maximum Gasteiger partial charge on any atom is 0.0571 e. The molecule has 9 aromatic carbocycles. The molecule has 0 bridgehead atoms. The van der Waals surface area contributed by atoms with E-state index in [4.69, 9.17) is 0 Å². The summed E-state index contributed by atoms with van der Waals surface area (Å²) in [5.41, 5.74) is 10.2. The van der Waals surface area contributed by atoms with Gasteiger partial charge in [-0.1, -0.05) is 164 Å². The Bertz CT molecular complexity index is 2850. The lowest BCUT2D eigenvalue weighted by Crippen LogP contribution is -1.97. The Balaban J connectivity index is 1.23. The number of para-hydroxylation sites is 1. The number of hydrogen-bond donors (Lipinski definition) is 0. The van der Waals surface area contributed by atoms with E-state index in [2.05, 4.69) is 181 Å². The molecular weight excluding hydrogens is 591 g/mol. The number of aryl methyl sites for hydroxylation is 1. The molecule has 0 aliphatic heterocycles. The molecule has 1 heterocycles. The van der Waals surface area contributed by atoms with Gasteiger partial charge in [0.2, 0.25) is 0 Å². The molecule has 49 heavy (non-hydrogen) atoms. The van der Waals surface area contributed by atoms with Crippen LogP contribution in [-0.2, 0) is 6.54 Å². The summed E-state index contributed by atoms with van der Waals surface area (Å²) in [6.45, 7) is 3.17. The fraction of sp³-hybridized carbons (Fsp3) is 0.0417. The quantitative estimate of drug-likeness (QED) is 0.172. The van der Waals surface area contributed by atoms with Crippen LogP contribution in [0.5, 0.6) is 0 Å². The molecule has 0 atom stereocenters. The summed E-state index contributed by atoms with van der Waals surface area (Å²) in [7, 11) is 0. The first kappa shape index (κ1) is 27.9. The second kappa shape index (κ2) is 10.9. The normalized spacial score (nSPS) is 11.9. The van der Waals surface area contributed by atoms with Crippen LogP contribution < -0.4 is 0 Å². The van der Waals surface area contributed by atoms with Gasteiger partial charge in [-0.15, -0.1) is 0 Å². The van der Waals surface area contributed by atoms with Crippen molar-refractivity contribution < 1.29 is 0 Å². The summed E-state index contributed by atoms with van der Waals surface area (Å²) in [6.07, 6.45) is 0. The average molecular weight is 624 g/mol. The van der Waals surface area contributed by atoms with Gasteiger partial charge in [-0.25, -0.2) is 0 Å². The minimum absolute atomic E-state index is 0.891. The van der Waals surface area contributed by atoms with E-state index in [0.29, 0.717) is 0 Å². The van der Waals surface area contributed by atoms with Gasteiger partial charge in [0.05, 0.1) is 11.0 Å². The minimum atomic E-state index is 0.891. The van der Waals surface area contributed by atoms with Crippen LogP contribution in [0.15, 0.2) is 170 Å². The van der Waals surface area contributed by atoms with Gasteiger partial charge in [-0.3, -0.25) is 0 Å². The van der Waals surface area contributed by atoms with Crippen molar-refractivity contribution in [3.05, 3.63) is 170 Å². The number of fused-ring (bicyclic) bond motifs is 8. The molecule has 0 saturated carbocycles. The largest absolute Gasteiger partial charge is 0.340 e. The third kappa shape index (κ3) is 4.19. The van der Waals surface area contributed by atoms with Gasteiger partial charge in [-0.05, 0) is 78.5 Å². The topological polar surface area (TPSA) is 4.93 Å². The lowest BCUT2D eigenvalue weighted by molar-refractivity contribution is 0.830. The Kier molecular flexibility index (Phi) is 6.22. The van der Waals surface area contributed by atoms with Gasteiger partial charge in [0, 0.05) is 28.3 Å². The fourth-order valence-electron chi connectivity index (χ4n) is 8.37. The molecule has 1 heteroatoms. The van der Waals surface area contributed by atoms with Gasteiger partial charge in [-0.2, -0.15) is 0 Å². The molecule has 230 valence electrons. The second-order valence-electron chi connectivity index (χ2n) is 13.1. The Morgan fingerprint density at radius 2 is 0.857 bits per heavy atom. The van der Waals surface area contributed by atoms with Gasteiger partial charge in [0.1, 0.15) is 0 Å². The lowest BCUT2D eigenvalue weighted by Gasteiger charge is -2.19. The third-order valence-corrected chi connectivity index (χ3v) is 10.5. The molecule has 10 aromatic rings. The number of nitrogens with zero attached hydrogens (tertiary/aromatic N) is 1. The zero-order valence-corrected chi connectivity index (χ0v) is 27.3. The first-order chi connectivity index (χ1) is 24.3. The average Bonchev–Trinajstić information content (AvgIpc) is 3.51. The summed E-state index contributed by atoms with van der Waals surface area (Å²) < 4.78 is 2.55. The first-order valence-electron chi connectivity index (χ1n) is 17.2. The Hall–Kier alpha value is -6.18. The molecule has 0 saturated heterocycles. The zero-order chi connectivity index (χ0) is 32.5. The van der Waals surface area contributed by atoms with Crippen molar-refractivity contribution in [2.45, 2.75) is 13.5 Å². The minimum Gasteiger partial charge on any atom is -0.340 e. The maximum absolute atomic E-state index is 2.55. The van der Waals surface area contributed by atoms with E-state index in [9.17, 15) is 0 Å². The van der Waals surface area contributed by atoms with E-state index in [1.807, 2.05) is 0 Å². The van der Waals surface area contributed by atoms with Crippen LogP contribution >= 0.6 is 0 Å². The Labute approximate surface area is 285 Å². The van der Waals surface area contributed by atoms with Crippen LogP contribution in [0, 0.1) is 0 Å². The molecule has 0 unspecified atom stereocenters. The van der Waals surface area contributed by atoms with Crippen molar-refractivity contribution in [1.82, 2.24) is 4.57 Å². The van der Waals surface area contributed by atoms with Crippen molar-refractivity contribution >= 4 is 64.9 Å². The molecule has 0 spiro atoms. The van der Waals surface area contributed by atoms with E-state index in [1.165, 1.54) is 98.3 Å². The summed E-state index contributed by atoms with van der Waals surface area (Å²) in [5, 5.41) is 12.8. The van der Waals surface area contributed by atoms with Crippen LogP contribution in [0.4, 0.5) is 0 Å². The van der Waals surface area contributed by atoms with Gasteiger partial charge in [0.25, 0.3) is 0 Å². The number of hydrogen-bond acceptors (Lipinski definition) is 0. The number of rotatable bonds is 4. The van der Waals surface area contributed by atoms with E-state index in [0.717, 1.165) is 6.54 Å². The highest BCUT2D eigenvalue weighted by molar-refractivity contribution is 6.26. The predicted molar refractivity (Wildman–Crippen MR) is 211 cm³/mol.